The number of hydrogen-bond acceptors (Lipinski definition) is 4. The molecule has 0 radical (unpaired) electrons. The van der Waals surface area contributed by atoms with E-state index in [1.165, 1.54) is 15.3 Å². The maximum atomic E-state index is 3.46. The lowest BCUT2D eigenvalue weighted by atomic mass is 10.3. The standard InChI is InChI=1S/C15H22N2S2/c1-12(2)16-8-14-4-5-15(19-14)10-17(3)9-13-6-7-18-11-13/h4-7,11-12,16H,8-10H2,1-3H3. The third-order valence-electron chi connectivity index (χ3n) is 2.86. The fraction of sp³-hybridized carbons (Fsp3) is 0.467. The Balaban J connectivity index is 1.82. The number of nitrogens with one attached hydrogen (secondary N) is 1. The SMILES string of the molecule is CC(C)NCc1ccc(CN(C)Cc2ccsc2)s1. The van der Waals surface area contributed by atoms with E-state index in [2.05, 4.69) is 60.1 Å². The van der Waals surface area contributed by atoms with E-state index in [-0.39, 0.29) is 0 Å². The van der Waals surface area contributed by atoms with Gasteiger partial charge in [-0.05, 0) is 41.6 Å². The first-order valence-electron chi connectivity index (χ1n) is 6.64. The van der Waals surface area contributed by atoms with Crippen LogP contribution in [-0.2, 0) is 19.6 Å². The summed E-state index contributed by atoms with van der Waals surface area (Å²) < 4.78 is 0. The molecule has 1 N–H and O–H groups in total. The minimum Gasteiger partial charge on any atom is -0.310 e. The minimum atomic E-state index is 0.548. The van der Waals surface area contributed by atoms with E-state index in [0.29, 0.717) is 6.04 Å². The normalized spacial score (nSPS) is 11.6. The lowest BCUT2D eigenvalue weighted by Gasteiger charge is -2.14. The zero-order valence-corrected chi connectivity index (χ0v) is 13.5. The molecule has 0 atom stereocenters. The highest BCUT2D eigenvalue weighted by Crippen LogP contribution is 2.19. The van der Waals surface area contributed by atoms with Crippen molar-refractivity contribution >= 4 is 22.7 Å². The Labute approximate surface area is 124 Å². The molecule has 0 bridgehead atoms. The Morgan fingerprint density at radius 3 is 2.63 bits per heavy atom. The van der Waals surface area contributed by atoms with Crippen molar-refractivity contribution < 1.29 is 0 Å². The van der Waals surface area contributed by atoms with Gasteiger partial charge in [0.2, 0.25) is 0 Å². The van der Waals surface area contributed by atoms with Crippen LogP contribution < -0.4 is 5.32 Å². The van der Waals surface area contributed by atoms with Crippen molar-refractivity contribution in [3.63, 3.8) is 0 Å². The second-order valence-electron chi connectivity index (χ2n) is 5.21. The van der Waals surface area contributed by atoms with Crippen LogP contribution in [0.25, 0.3) is 0 Å². The Hall–Kier alpha value is -0.680. The predicted molar refractivity (Wildman–Crippen MR) is 85.8 cm³/mol. The molecule has 2 heterocycles. The van der Waals surface area contributed by atoms with Gasteiger partial charge in [-0.2, -0.15) is 11.3 Å². The summed E-state index contributed by atoms with van der Waals surface area (Å²) in [5, 5.41) is 7.83. The summed E-state index contributed by atoms with van der Waals surface area (Å²) in [6.45, 7) is 7.41. The Bertz CT molecular complexity index is 474. The van der Waals surface area contributed by atoms with Crippen LogP contribution in [0.15, 0.2) is 29.0 Å². The summed E-state index contributed by atoms with van der Waals surface area (Å²) in [6, 6.07) is 7.25. The van der Waals surface area contributed by atoms with Gasteiger partial charge in [0, 0.05) is 35.4 Å². The largest absolute Gasteiger partial charge is 0.310 e. The van der Waals surface area contributed by atoms with Crippen molar-refractivity contribution in [2.24, 2.45) is 0 Å². The molecule has 4 heteroatoms. The molecule has 0 saturated carbocycles. The Morgan fingerprint density at radius 2 is 1.95 bits per heavy atom. The van der Waals surface area contributed by atoms with Crippen molar-refractivity contribution in [3.05, 3.63) is 44.3 Å². The van der Waals surface area contributed by atoms with Crippen LogP contribution >= 0.6 is 22.7 Å². The van der Waals surface area contributed by atoms with E-state index in [4.69, 9.17) is 0 Å². The molecule has 0 aliphatic rings. The van der Waals surface area contributed by atoms with Gasteiger partial charge in [-0.3, -0.25) is 4.90 Å². The predicted octanol–water partition coefficient (Wildman–Crippen LogP) is 3.94. The van der Waals surface area contributed by atoms with E-state index in [1.54, 1.807) is 11.3 Å². The van der Waals surface area contributed by atoms with E-state index >= 15 is 0 Å². The van der Waals surface area contributed by atoms with Gasteiger partial charge in [0.1, 0.15) is 0 Å². The summed E-state index contributed by atoms with van der Waals surface area (Å²) in [5.74, 6) is 0. The third kappa shape index (κ3) is 5.07. The number of hydrogen-bond donors (Lipinski definition) is 1. The van der Waals surface area contributed by atoms with Gasteiger partial charge in [-0.1, -0.05) is 13.8 Å². The first-order chi connectivity index (χ1) is 9.13. The molecule has 0 saturated heterocycles. The molecule has 19 heavy (non-hydrogen) atoms. The molecule has 0 amide bonds. The lowest BCUT2D eigenvalue weighted by molar-refractivity contribution is 0.322. The smallest absolute Gasteiger partial charge is 0.0328 e. The summed E-state index contributed by atoms with van der Waals surface area (Å²) in [5.41, 5.74) is 1.41. The molecule has 0 aromatic carbocycles. The summed E-state index contributed by atoms with van der Waals surface area (Å²) in [4.78, 5) is 5.24. The highest BCUT2D eigenvalue weighted by molar-refractivity contribution is 7.12. The van der Waals surface area contributed by atoms with Crippen LogP contribution in [-0.4, -0.2) is 18.0 Å². The number of rotatable bonds is 7. The van der Waals surface area contributed by atoms with E-state index in [0.717, 1.165) is 19.6 Å². The number of thiophene rings is 2. The topological polar surface area (TPSA) is 15.3 Å². The van der Waals surface area contributed by atoms with Crippen LogP contribution in [0.4, 0.5) is 0 Å². The van der Waals surface area contributed by atoms with Crippen LogP contribution in [0.5, 0.6) is 0 Å². The molecule has 0 unspecified atom stereocenters. The van der Waals surface area contributed by atoms with Crippen LogP contribution in [0, 0.1) is 0 Å². The van der Waals surface area contributed by atoms with Crippen LogP contribution in [0.3, 0.4) is 0 Å². The third-order valence-corrected chi connectivity index (χ3v) is 4.66. The molecule has 2 aromatic rings. The summed E-state index contributed by atoms with van der Waals surface area (Å²) in [6.07, 6.45) is 0. The quantitative estimate of drug-likeness (QED) is 0.832. The molecular formula is C15H22N2S2. The molecule has 0 fully saturated rings. The van der Waals surface area contributed by atoms with Crippen molar-refractivity contribution in [2.45, 2.75) is 39.5 Å². The second-order valence-corrected chi connectivity index (χ2v) is 7.24. The zero-order valence-electron chi connectivity index (χ0n) is 11.8. The highest BCUT2D eigenvalue weighted by atomic mass is 32.1. The first-order valence-corrected chi connectivity index (χ1v) is 8.40. The molecule has 2 aromatic heterocycles. The summed E-state index contributed by atoms with van der Waals surface area (Å²) in [7, 11) is 2.18. The van der Waals surface area contributed by atoms with Crippen molar-refractivity contribution in [1.82, 2.24) is 10.2 Å². The minimum absolute atomic E-state index is 0.548. The molecule has 2 rings (SSSR count). The molecule has 104 valence electrons. The van der Waals surface area contributed by atoms with Crippen LogP contribution in [0.2, 0.25) is 0 Å². The van der Waals surface area contributed by atoms with Crippen molar-refractivity contribution in [1.29, 1.82) is 0 Å². The average Bonchev–Trinajstić information content (AvgIpc) is 2.98. The fourth-order valence-corrected chi connectivity index (χ4v) is 3.63. The average molecular weight is 294 g/mol. The van der Waals surface area contributed by atoms with Gasteiger partial charge in [0.05, 0.1) is 0 Å². The van der Waals surface area contributed by atoms with Crippen molar-refractivity contribution in [3.8, 4) is 0 Å². The van der Waals surface area contributed by atoms with Gasteiger partial charge in [0.25, 0.3) is 0 Å². The lowest BCUT2D eigenvalue weighted by Crippen LogP contribution is -2.21. The zero-order chi connectivity index (χ0) is 13.7. The molecule has 0 aliphatic heterocycles. The van der Waals surface area contributed by atoms with Gasteiger partial charge >= 0.3 is 0 Å². The monoisotopic (exact) mass is 294 g/mol. The van der Waals surface area contributed by atoms with E-state index < -0.39 is 0 Å². The van der Waals surface area contributed by atoms with Crippen LogP contribution in [0.1, 0.15) is 29.2 Å². The Morgan fingerprint density at radius 1 is 1.16 bits per heavy atom. The maximum Gasteiger partial charge on any atom is 0.0328 e. The maximum absolute atomic E-state index is 3.46. The number of nitrogens with zero attached hydrogens (tertiary/aromatic N) is 1. The van der Waals surface area contributed by atoms with Gasteiger partial charge < -0.3 is 5.32 Å². The molecule has 0 aliphatic carbocycles. The first kappa shape index (κ1) is 14.7. The van der Waals surface area contributed by atoms with E-state index in [1.807, 2.05) is 11.3 Å². The van der Waals surface area contributed by atoms with Crippen molar-refractivity contribution in [2.75, 3.05) is 7.05 Å². The van der Waals surface area contributed by atoms with Gasteiger partial charge in [-0.15, -0.1) is 11.3 Å². The van der Waals surface area contributed by atoms with E-state index in [9.17, 15) is 0 Å². The second kappa shape index (κ2) is 7.20. The fourth-order valence-electron chi connectivity index (χ4n) is 1.92. The Kier molecular flexibility index (Phi) is 5.58. The van der Waals surface area contributed by atoms with Gasteiger partial charge in [0.15, 0.2) is 0 Å². The molecule has 0 spiro atoms. The molecule has 2 nitrogen and oxygen atoms in total. The molecular weight excluding hydrogens is 272 g/mol. The van der Waals surface area contributed by atoms with Gasteiger partial charge in [-0.25, -0.2) is 0 Å². The summed E-state index contributed by atoms with van der Waals surface area (Å²) >= 11 is 3.68. The highest BCUT2D eigenvalue weighted by Gasteiger charge is 2.05.